The molecule has 0 saturated carbocycles. The minimum atomic E-state index is 0. The van der Waals surface area contributed by atoms with E-state index in [0.717, 1.165) is 18.6 Å². The maximum Gasteiger partial charge on any atom is 0.119 e. The van der Waals surface area contributed by atoms with E-state index in [4.69, 9.17) is 10.5 Å². The van der Waals surface area contributed by atoms with Gasteiger partial charge in [0.2, 0.25) is 0 Å². The van der Waals surface area contributed by atoms with Crippen LogP contribution in [0.5, 0.6) is 5.75 Å². The second-order valence-electron chi connectivity index (χ2n) is 2.99. The number of nitrogens with two attached hydrogens (primary N) is 1. The summed E-state index contributed by atoms with van der Waals surface area (Å²) in [6.45, 7) is 3.54. The van der Waals surface area contributed by atoms with Crippen molar-refractivity contribution in [1.82, 2.24) is 0 Å². The highest BCUT2D eigenvalue weighted by Gasteiger charge is 1.92. The van der Waals surface area contributed by atoms with Crippen LogP contribution in [0, 0.1) is 0 Å². The molecule has 0 aromatic heterocycles. The Morgan fingerprint density at radius 3 is 2.36 bits per heavy atom. The molecular formula is C11H18ClNO. The zero-order valence-electron chi connectivity index (χ0n) is 8.53. The lowest BCUT2D eigenvalue weighted by molar-refractivity contribution is 0.313. The lowest BCUT2D eigenvalue weighted by atomic mass is 10.2. The maximum absolute atomic E-state index is 5.47. The molecule has 0 saturated heterocycles. The molecule has 0 amide bonds. The van der Waals surface area contributed by atoms with Gasteiger partial charge in [0.1, 0.15) is 5.75 Å². The first-order valence-corrected chi connectivity index (χ1v) is 4.78. The zero-order valence-corrected chi connectivity index (χ0v) is 9.35. The average molecular weight is 216 g/mol. The molecule has 0 aliphatic heterocycles. The third kappa shape index (κ3) is 4.49. The van der Waals surface area contributed by atoms with E-state index in [1.54, 1.807) is 0 Å². The third-order valence-electron chi connectivity index (χ3n) is 1.95. The van der Waals surface area contributed by atoms with Crippen LogP contribution in [-0.2, 0) is 6.42 Å². The highest BCUT2D eigenvalue weighted by atomic mass is 35.5. The van der Waals surface area contributed by atoms with E-state index in [-0.39, 0.29) is 12.4 Å². The van der Waals surface area contributed by atoms with E-state index in [1.165, 1.54) is 5.56 Å². The first-order chi connectivity index (χ1) is 6.36. The van der Waals surface area contributed by atoms with Gasteiger partial charge in [0.25, 0.3) is 0 Å². The van der Waals surface area contributed by atoms with Crippen LogP contribution >= 0.6 is 12.4 Å². The van der Waals surface area contributed by atoms with Crippen molar-refractivity contribution in [1.29, 1.82) is 0 Å². The van der Waals surface area contributed by atoms with Crippen LogP contribution in [-0.4, -0.2) is 13.2 Å². The molecule has 80 valence electrons. The second-order valence-corrected chi connectivity index (χ2v) is 2.99. The first-order valence-electron chi connectivity index (χ1n) is 4.78. The van der Waals surface area contributed by atoms with Crippen molar-refractivity contribution in [2.24, 2.45) is 5.73 Å². The van der Waals surface area contributed by atoms with Crippen LogP contribution in [0.25, 0.3) is 0 Å². The molecule has 1 rings (SSSR count). The van der Waals surface area contributed by atoms with Crippen molar-refractivity contribution in [3.05, 3.63) is 29.8 Å². The lowest BCUT2D eigenvalue weighted by Gasteiger charge is -2.05. The normalized spacial score (nSPS) is 9.29. The Hall–Kier alpha value is -0.730. The van der Waals surface area contributed by atoms with Crippen molar-refractivity contribution in [2.75, 3.05) is 13.2 Å². The van der Waals surface area contributed by atoms with E-state index in [0.29, 0.717) is 13.2 Å². The molecule has 2 N–H and O–H groups in total. The maximum atomic E-state index is 5.47. The molecule has 2 nitrogen and oxygen atoms in total. The van der Waals surface area contributed by atoms with Crippen LogP contribution in [0.2, 0.25) is 0 Å². The van der Waals surface area contributed by atoms with Gasteiger partial charge in [-0.1, -0.05) is 19.1 Å². The number of rotatable bonds is 5. The van der Waals surface area contributed by atoms with E-state index >= 15 is 0 Å². The average Bonchev–Trinajstić information content (AvgIpc) is 2.19. The lowest BCUT2D eigenvalue weighted by Crippen LogP contribution is -2.05. The van der Waals surface area contributed by atoms with Gasteiger partial charge < -0.3 is 10.5 Å². The van der Waals surface area contributed by atoms with Crippen molar-refractivity contribution >= 4 is 12.4 Å². The molecule has 0 aliphatic carbocycles. The Balaban J connectivity index is 0.00000169. The van der Waals surface area contributed by atoms with Gasteiger partial charge in [0.15, 0.2) is 0 Å². The Morgan fingerprint density at radius 1 is 1.21 bits per heavy atom. The van der Waals surface area contributed by atoms with Crippen LogP contribution < -0.4 is 10.5 Å². The first kappa shape index (κ1) is 13.3. The summed E-state index contributed by atoms with van der Waals surface area (Å²) in [7, 11) is 0. The molecule has 0 spiro atoms. The summed E-state index contributed by atoms with van der Waals surface area (Å²) in [5.41, 5.74) is 6.70. The third-order valence-corrected chi connectivity index (χ3v) is 1.95. The van der Waals surface area contributed by atoms with Gasteiger partial charge in [0.05, 0.1) is 6.61 Å². The van der Waals surface area contributed by atoms with Crippen molar-refractivity contribution in [3.63, 3.8) is 0 Å². The summed E-state index contributed by atoms with van der Waals surface area (Å²) >= 11 is 0. The summed E-state index contributed by atoms with van der Waals surface area (Å²) in [5, 5.41) is 0. The van der Waals surface area contributed by atoms with Gasteiger partial charge >= 0.3 is 0 Å². The molecule has 0 bridgehead atoms. The van der Waals surface area contributed by atoms with E-state index < -0.39 is 0 Å². The minimum absolute atomic E-state index is 0. The van der Waals surface area contributed by atoms with Crippen molar-refractivity contribution in [3.8, 4) is 5.75 Å². The predicted molar refractivity (Wildman–Crippen MR) is 62.2 cm³/mol. The molecule has 0 fully saturated rings. The highest BCUT2D eigenvalue weighted by Crippen LogP contribution is 2.12. The Morgan fingerprint density at radius 2 is 1.86 bits per heavy atom. The van der Waals surface area contributed by atoms with Crippen LogP contribution in [0.4, 0.5) is 0 Å². The number of hydrogen-bond acceptors (Lipinski definition) is 2. The topological polar surface area (TPSA) is 35.2 Å². The van der Waals surface area contributed by atoms with Gasteiger partial charge in [-0.15, -0.1) is 12.4 Å². The van der Waals surface area contributed by atoms with Gasteiger partial charge in [0, 0.05) is 0 Å². The zero-order chi connectivity index (χ0) is 9.52. The predicted octanol–water partition coefficient (Wildman–Crippen LogP) is 2.40. The second kappa shape index (κ2) is 7.65. The largest absolute Gasteiger partial charge is 0.494 e. The van der Waals surface area contributed by atoms with Gasteiger partial charge in [-0.25, -0.2) is 0 Å². The number of benzene rings is 1. The van der Waals surface area contributed by atoms with Crippen LogP contribution in [0.3, 0.4) is 0 Å². The van der Waals surface area contributed by atoms with E-state index in [9.17, 15) is 0 Å². The molecule has 1 aromatic rings. The molecule has 0 atom stereocenters. The summed E-state index contributed by atoms with van der Waals surface area (Å²) in [6, 6.07) is 8.21. The number of ether oxygens (including phenoxy) is 1. The van der Waals surface area contributed by atoms with Crippen LogP contribution in [0.1, 0.15) is 18.9 Å². The van der Waals surface area contributed by atoms with Crippen molar-refractivity contribution in [2.45, 2.75) is 19.8 Å². The van der Waals surface area contributed by atoms with Gasteiger partial charge in [-0.2, -0.15) is 0 Å². The molecule has 3 heteroatoms. The molecule has 0 radical (unpaired) electrons. The summed E-state index contributed by atoms with van der Waals surface area (Å²) < 4.78 is 5.47. The molecular weight excluding hydrogens is 198 g/mol. The highest BCUT2D eigenvalue weighted by molar-refractivity contribution is 5.85. The summed E-state index contributed by atoms with van der Waals surface area (Å²) in [5.74, 6) is 0.936. The molecule has 0 unspecified atom stereocenters. The monoisotopic (exact) mass is 215 g/mol. The molecule has 14 heavy (non-hydrogen) atoms. The van der Waals surface area contributed by atoms with Gasteiger partial charge in [-0.05, 0) is 37.1 Å². The SMILES string of the molecule is CCc1ccc(OCCCN)cc1.Cl. The number of halogens is 1. The summed E-state index contributed by atoms with van der Waals surface area (Å²) in [6.07, 6.45) is 1.98. The fourth-order valence-electron chi connectivity index (χ4n) is 1.09. The quantitative estimate of drug-likeness (QED) is 0.766. The fraction of sp³-hybridized carbons (Fsp3) is 0.455. The van der Waals surface area contributed by atoms with Gasteiger partial charge in [-0.3, -0.25) is 0 Å². The van der Waals surface area contributed by atoms with E-state index in [1.807, 2.05) is 12.1 Å². The molecule has 1 aromatic carbocycles. The fourth-order valence-corrected chi connectivity index (χ4v) is 1.09. The standard InChI is InChI=1S/C11H17NO.ClH/c1-2-10-4-6-11(7-5-10)13-9-3-8-12;/h4-7H,2-3,8-9,12H2,1H3;1H. The Bertz CT molecular complexity index is 236. The summed E-state index contributed by atoms with van der Waals surface area (Å²) in [4.78, 5) is 0. The van der Waals surface area contributed by atoms with Crippen LogP contribution in [0.15, 0.2) is 24.3 Å². The smallest absolute Gasteiger partial charge is 0.119 e. The Kier molecular flexibility index (Phi) is 7.25. The number of aryl methyl sites for hydroxylation is 1. The Labute approximate surface area is 91.9 Å². The number of hydrogen-bond donors (Lipinski definition) is 1. The molecule has 0 heterocycles. The minimum Gasteiger partial charge on any atom is -0.494 e. The van der Waals surface area contributed by atoms with Crippen molar-refractivity contribution < 1.29 is 4.74 Å². The van der Waals surface area contributed by atoms with E-state index in [2.05, 4.69) is 19.1 Å². The molecule has 0 aliphatic rings.